The van der Waals surface area contributed by atoms with Crippen molar-refractivity contribution in [1.29, 1.82) is 0 Å². The standard InChI is InChI=1S/C23H28FN3O4/c1-3-5-14-31-20-11-10-17(15-21(20)30-4-2)16-26-27-22(28)12-13-25-23(29)18-8-6-7-9-19(18)24/h6-11,15-16H,3-5,12-14H2,1-2H3,(H,25,29)(H,27,28). The van der Waals surface area contributed by atoms with Crippen LogP contribution >= 0.6 is 0 Å². The van der Waals surface area contributed by atoms with Gasteiger partial charge in [-0.3, -0.25) is 9.59 Å². The predicted molar refractivity (Wildman–Crippen MR) is 117 cm³/mol. The highest BCUT2D eigenvalue weighted by atomic mass is 19.1. The first-order valence-electron chi connectivity index (χ1n) is 10.3. The molecule has 0 aliphatic rings. The highest BCUT2D eigenvalue weighted by Crippen LogP contribution is 2.28. The van der Waals surface area contributed by atoms with Crippen LogP contribution in [0.3, 0.4) is 0 Å². The largest absolute Gasteiger partial charge is 0.490 e. The zero-order valence-electron chi connectivity index (χ0n) is 17.8. The predicted octanol–water partition coefficient (Wildman–Crippen LogP) is 3.67. The van der Waals surface area contributed by atoms with Crippen molar-refractivity contribution >= 4 is 18.0 Å². The van der Waals surface area contributed by atoms with Gasteiger partial charge in [0.05, 0.1) is 25.0 Å². The summed E-state index contributed by atoms with van der Waals surface area (Å²) in [5, 5.41) is 6.43. The summed E-state index contributed by atoms with van der Waals surface area (Å²) in [6.45, 7) is 5.17. The third-order valence-corrected chi connectivity index (χ3v) is 4.18. The van der Waals surface area contributed by atoms with Crippen LogP contribution in [0.25, 0.3) is 0 Å². The number of nitrogens with one attached hydrogen (secondary N) is 2. The Balaban J connectivity index is 1.81. The Hall–Kier alpha value is -3.42. The number of unbranched alkanes of at least 4 members (excludes halogenated alkanes) is 1. The van der Waals surface area contributed by atoms with Gasteiger partial charge in [0.25, 0.3) is 5.91 Å². The van der Waals surface area contributed by atoms with E-state index in [1.807, 2.05) is 19.1 Å². The summed E-state index contributed by atoms with van der Waals surface area (Å²) in [6.07, 6.45) is 3.50. The van der Waals surface area contributed by atoms with Crippen LogP contribution < -0.4 is 20.2 Å². The Morgan fingerprint density at radius 1 is 1.10 bits per heavy atom. The molecule has 0 heterocycles. The number of benzene rings is 2. The van der Waals surface area contributed by atoms with Crippen LogP contribution in [-0.2, 0) is 4.79 Å². The maximum atomic E-state index is 13.6. The lowest BCUT2D eigenvalue weighted by Gasteiger charge is -2.12. The second-order valence-corrected chi connectivity index (χ2v) is 6.62. The fraction of sp³-hybridized carbons (Fsp3) is 0.348. The fourth-order valence-corrected chi connectivity index (χ4v) is 2.58. The number of rotatable bonds is 12. The molecule has 166 valence electrons. The average Bonchev–Trinajstić information content (AvgIpc) is 2.75. The maximum absolute atomic E-state index is 13.6. The van der Waals surface area contributed by atoms with Gasteiger partial charge in [-0.1, -0.05) is 25.5 Å². The number of carbonyl (C=O) groups excluding carboxylic acids is 2. The van der Waals surface area contributed by atoms with Crippen LogP contribution in [0.1, 0.15) is 49.0 Å². The topological polar surface area (TPSA) is 89.0 Å². The smallest absolute Gasteiger partial charge is 0.254 e. The van der Waals surface area contributed by atoms with Crippen LogP contribution in [0, 0.1) is 5.82 Å². The van der Waals surface area contributed by atoms with Crippen LogP contribution in [0.2, 0.25) is 0 Å². The third kappa shape index (κ3) is 8.08. The van der Waals surface area contributed by atoms with E-state index in [9.17, 15) is 14.0 Å². The Bertz CT molecular complexity index is 902. The SMILES string of the molecule is CCCCOc1ccc(C=NNC(=O)CCNC(=O)c2ccccc2F)cc1OCC. The van der Waals surface area contributed by atoms with Crippen molar-refractivity contribution in [2.45, 2.75) is 33.1 Å². The number of hydrazone groups is 1. The Morgan fingerprint density at radius 2 is 1.90 bits per heavy atom. The lowest BCUT2D eigenvalue weighted by Crippen LogP contribution is -2.29. The lowest BCUT2D eigenvalue weighted by molar-refractivity contribution is -0.120. The number of halogens is 1. The molecule has 0 unspecified atom stereocenters. The van der Waals surface area contributed by atoms with E-state index >= 15 is 0 Å². The summed E-state index contributed by atoms with van der Waals surface area (Å²) < 4.78 is 24.9. The highest BCUT2D eigenvalue weighted by Gasteiger charge is 2.10. The van der Waals surface area contributed by atoms with Crippen LogP contribution in [0.15, 0.2) is 47.6 Å². The van der Waals surface area contributed by atoms with Crippen LogP contribution in [0.4, 0.5) is 4.39 Å². The first kappa shape index (κ1) is 23.9. The minimum atomic E-state index is -0.609. The van der Waals surface area contributed by atoms with E-state index in [2.05, 4.69) is 22.8 Å². The molecule has 31 heavy (non-hydrogen) atoms. The number of hydrogen-bond acceptors (Lipinski definition) is 5. The van der Waals surface area contributed by atoms with E-state index in [0.717, 1.165) is 18.4 Å². The molecule has 0 aromatic heterocycles. The summed E-state index contributed by atoms with van der Waals surface area (Å²) in [7, 11) is 0. The Morgan fingerprint density at radius 3 is 2.65 bits per heavy atom. The van der Waals surface area contributed by atoms with Gasteiger partial charge in [0.15, 0.2) is 11.5 Å². The second-order valence-electron chi connectivity index (χ2n) is 6.62. The number of hydrogen-bond donors (Lipinski definition) is 2. The molecular formula is C23H28FN3O4. The van der Waals surface area contributed by atoms with Gasteiger partial charge < -0.3 is 14.8 Å². The quantitative estimate of drug-likeness (QED) is 0.306. The van der Waals surface area contributed by atoms with Gasteiger partial charge in [-0.25, -0.2) is 9.82 Å². The van der Waals surface area contributed by atoms with Crippen LogP contribution in [0.5, 0.6) is 11.5 Å². The molecule has 0 saturated heterocycles. The molecule has 0 radical (unpaired) electrons. The van der Waals surface area contributed by atoms with Crippen molar-refractivity contribution in [3.05, 3.63) is 59.4 Å². The highest BCUT2D eigenvalue weighted by molar-refractivity contribution is 5.94. The van der Waals surface area contributed by atoms with Crippen molar-refractivity contribution in [2.75, 3.05) is 19.8 Å². The van der Waals surface area contributed by atoms with E-state index in [0.29, 0.717) is 24.7 Å². The molecule has 0 atom stereocenters. The van der Waals surface area contributed by atoms with Gasteiger partial charge in [0.2, 0.25) is 5.91 Å². The molecular weight excluding hydrogens is 401 g/mol. The summed E-state index contributed by atoms with van der Waals surface area (Å²) in [4.78, 5) is 23.8. The molecule has 8 heteroatoms. The van der Waals surface area contributed by atoms with Gasteiger partial charge >= 0.3 is 0 Å². The van der Waals surface area contributed by atoms with Gasteiger partial charge in [-0.15, -0.1) is 0 Å². The monoisotopic (exact) mass is 429 g/mol. The zero-order chi connectivity index (χ0) is 22.5. The minimum Gasteiger partial charge on any atom is -0.490 e. The van der Waals surface area contributed by atoms with Crippen molar-refractivity contribution in [2.24, 2.45) is 5.10 Å². The van der Waals surface area contributed by atoms with Crippen molar-refractivity contribution < 1.29 is 23.5 Å². The first-order valence-corrected chi connectivity index (χ1v) is 10.3. The summed E-state index contributed by atoms with van der Waals surface area (Å²) >= 11 is 0. The third-order valence-electron chi connectivity index (χ3n) is 4.18. The van der Waals surface area contributed by atoms with Crippen LogP contribution in [-0.4, -0.2) is 37.8 Å². The summed E-state index contributed by atoms with van der Waals surface area (Å²) in [5.74, 6) is -0.275. The molecule has 2 N–H and O–H groups in total. The van der Waals surface area contributed by atoms with E-state index in [-0.39, 0.29) is 24.4 Å². The molecule has 0 aliphatic heterocycles. The molecule has 2 rings (SSSR count). The Labute approximate surface area is 181 Å². The Kier molecular flexibility index (Phi) is 10.0. The summed E-state index contributed by atoms with van der Waals surface area (Å²) in [6, 6.07) is 11.1. The van der Waals surface area contributed by atoms with Gasteiger partial charge in [0, 0.05) is 13.0 Å². The van der Waals surface area contributed by atoms with Crippen molar-refractivity contribution in [3.63, 3.8) is 0 Å². The zero-order valence-corrected chi connectivity index (χ0v) is 17.8. The average molecular weight is 429 g/mol. The number of carbonyl (C=O) groups is 2. The molecule has 0 bridgehead atoms. The van der Waals surface area contributed by atoms with Gasteiger partial charge in [0.1, 0.15) is 5.82 Å². The summed E-state index contributed by atoms with van der Waals surface area (Å²) in [5.41, 5.74) is 3.07. The first-order chi connectivity index (χ1) is 15.0. The van der Waals surface area contributed by atoms with Gasteiger partial charge in [-0.05, 0) is 49.2 Å². The number of nitrogens with zero attached hydrogens (tertiary/aromatic N) is 1. The minimum absolute atomic E-state index is 0.00589. The lowest BCUT2D eigenvalue weighted by atomic mass is 10.2. The molecule has 2 aromatic rings. The molecule has 0 saturated carbocycles. The van der Waals surface area contributed by atoms with Crippen molar-refractivity contribution in [1.82, 2.24) is 10.7 Å². The van der Waals surface area contributed by atoms with Gasteiger partial charge in [-0.2, -0.15) is 5.10 Å². The van der Waals surface area contributed by atoms with Crippen molar-refractivity contribution in [3.8, 4) is 11.5 Å². The molecule has 2 amide bonds. The molecule has 7 nitrogen and oxygen atoms in total. The van der Waals surface area contributed by atoms with E-state index in [1.165, 1.54) is 24.4 Å². The van der Waals surface area contributed by atoms with E-state index in [1.54, 1.807) is 12.1 Å². The molecule has 0 fully saturated rings. The maximum Gasteiger partial charge on any atom is 0.254 e. The second kappa shape index (κ2) is 13.0. The molecule has 0 spiro atoms. The molecule has 0 aliphatic carbocycles. The van der Waals surface area contributed by atoms with E-state index in [4.69, 9.17) is 9.47 Å². The molecule has 2 aromatic carbocycles. The number of amides is 2. The number of ether oxygens (including phenoxy) is 2. The normalized spacial score (nSPS) is 10.7. The van der Waals surface area contributed by atoms with E-state index < -0.39 is 11.7 Å². The fourth-order valence-electron chi connectivity index (χ4n) is 2.58.